The van der Waals surface area contributed by atoms with E-state index in [0.717, 1.165) is 18.0 Å². The quantitative estimate of drug-likeness (QED) is 0.803. The molecular formula is C14H18ClNS2. The van der Waals surface area contributed by atoms with Crippen LogP contribution >= 0.6 is 34.3 Å². The second-order valence-electron chi connectivity index (χ2n) is 4.43. The highest BCUT2D eigenvalue weighted by Gasteiger charge is 2.20. The Bertz CT molecular complexity index is 516. The molecule has 0 spiro atoms. The Balaban J connectivity index is 2.33. The smallest absolute Gasteiger partial charge is 0.0780 e. The molecule has 0 aliphatic heterocycles. The van der Waals surface area contributed by atoms with Gasteiger partial charge in [0.15, 0.2) is 0 Å². The van der Waals surface area contributed by atoms with Crippen LogP contribution in [0.3, 0.4) is 0 Å². The largest absolute Gasteiger partial charge is 0.305 e. The van der Waals surface area contributed by atoms with E-state index >= 15 is 0 Å². The lowest BCUT2D eigenvalue weighted by atomic mass is 10.1. The first-order valence-corrected chi connectivity index (χ1v) is 8.24. The maximum Gasteiger partial charge on any atom is 0.0780 e. The third kappa shape index (κ3) is 2.97. The van der Waals surface area contributed by atoms with E-state index in [1.54, 1.807) is 11.3 Å². The lowest BCUT2D eigenvalue weighted by molar-refractivity contribution is 0.613. The van der Waals surface area contributed by atoms with Crippen LogP contribution in [0.5, 0.6) is 0 Å². The summed E-state index contributed by atoms with van der Waals surface area (Å²) < 4.78 is 0. The monoisotopic (exact) mass is 299 g/mol. The number of nitrogens with one attached hydrogen (secondary N) is 1. The Morgan fingerprint density at radius 3 is 2.61 bits per heavy atom. The Labute approximate surface area is 122 Å². The van der Waals surface area contributed by atoms with E-state index in [1.807, 2.05) is 11.3 Å². The van der Waals surface area contributed by atoms with Gasteiger partial charge in [-0.1, -0.05) is 18.5 Å². The van der Waals surface area contributed by atoms with Crippen LogP contribution in [0, 0.1) is 13.8 Å². The fourth-order valence-corrected chi connectivity index (χ4v) is 4.30. The van der Waals surface area contributed by atoms with Crippen molar-refractivity contribution in [3.8, 4) is 0 Å². The van der Waals surface area contributed by atoms with Crippen LogP contribution in [0.2, 0.25) is 5.02 Å². The molecule has 1 N–H and O–H groups in total. The van der Waals surface area contributed by atoms with Crippen molar-refractivity contribution in [3.05, 3.63) is 42.7 Å². The minimum absolute atomic E-state index is 0.245. The van der Waals surface area contributed by atoms with Crippen LogP contribution in [0.15, 0.2) is 17.5 Å². The van der Waals surface area contributed by atoms with Crippen molar-refractivity contribution in [2.75, 3.05) is 6.54 Å². The summed E-state index contributed by atoms with van der Waals surface area (Å²) >= 11 is 10.0. The standard InChI is InChI=1S/C14H18ClNS2/c1-4-7-16-13(11-6-5-10(3)18-11)14-12(15)9(2)8-17-14/h5-6,8,13,16H,4,7H2,1-3H3. The van der Waals surface area contributed by atoms with Crippen molar-refractivity contribution < 1.29 is 0 Å². The van der Waals surface area contributed by atoms with Crippen molar-refractivity contribution >= 4 is 34.3 Å². The van der Waals surface area contributed by atoms with Gasteiger partial charge >= 0.3 is 0 Å². The van der Waals surface area contributed by atoms with E-state index in [1.165, 1.54) is 20.2 Å². The number of hydrogen-bond donors (Lipinski definition) is 1. The van der Waals surface area contributed by atoms with Crippen molar-refractivity contribution in [2.45, 2.75) is 33.2 Å². The molecule has 2 rings (SSSR count). The molecule has 0 saturated carbocycles. The number of rotatable bonds is 5. The molecule has 0 amide bonds. The zero-order valence-corrected chi connectivity index (χ0v) is 13.3. The van der Waals surface area contributed by atoms with Crippen LogP contribution in [0.4, 0.5) is 0 Å². The summed E-state index contributed by atoms with van der Waals surface area (Å²) in [5.74, 6) is 0. The predicted octanol–water partition coefficient (Wildman–Crippen LogP) is 5.17. The Hall–Kier alpha value is -0.350. The molecule has 2 heterocycles. The number of aryl methyl sites for hydroxylation is 2. The Morgan fingerprint density at radius 1 is 1.33 bits per heavy atom. The van der Waals surface area contributed by atoms with E-state index in [0.29, 0.717) is 0 Å². The third-order valence-electron chi connectivity index (χ3n) is 2.83. The maximum absolute atomic E-state index is 6.41. The third-order valence-corrected chi connectivity index (χ3v) is 5.68. The van der Waals surface area contributed by atoms with Gasteiger partial charge in [0.05, 0.1) is 11.1 Å². The van der Waals surface area contributed by atoms with Gasteiger partial charge in [-0.05, 0) is 49.9 Å². The van der Waals surface area contributed by atoms with Crippen molar-refractivity contribution in [1.29, 1.82) is 0 Å². The highest BCUT2D eigenvalue weighted by molar-refractivity contribution is 7.13. The number of thiophene rings is 2. The summed E-state index contributed by atoms with van der Waals surface area (Å²) in [7, 11) is 0. The van der Waals surface area contributed by atoms with Crippen molar-refractivity contribution in [1.82, 2.24) is 5.32 Å². The first-order valence-electron chi connectivity index (χ1n) is 6.16. The SMILES string of the molecule is CCCNC(c1ccc(C)s1)c1scc(C)c1Cl. The lowest BCUT2D eigenvalue weighted by Crippen LogP contribution is -2.21. The molecule has 0 radical (unpaired) electrons. The fourth-order valence-electron chi connectivity index (χ4n) is 1.86. The summed E-state index contributed by atoms with van der Waals surface area (Å²) in [6, 6.07) is 4.63. The summed E-state index contributed by atoms with van der Waals surface area (Å²) in [5, 5.41) is 6.66. The summed E-state index contributed by atoms with van der Waals surface area (Å²) in [5.41, 5.74) is 1.17. The van der Waals surface area contributed by atoms with E-state index in [2.05, 4.69) is 43.6 Å². The molecule has 0 saturated heterocycles. The van der Waals surface area contributed by atoms with Crippen LogP contribution in [-0.4, -0.2) is 6.54 Å². The molecule has 4 heteroatoms. The molecule has 0 aliphatic carbocycles. The van der Waals surface area contributed by atoms with E-state index in [4.69, 9.17) is 11.6 Å². The zero-order chi connectivity index (χ0) is 13.1. The van der Waals surface area contributed by atoms with Crippen molar-refractivity contribution in [3.63, 3.8) is 0 Å². The van der Waals surface area contributed by atoms with Gasteiger partial charge < -0.3 is 5.32 Å². The van der Waals surface area contributed by atoms with Gasteiger partial charge in [-0.15, -0.1) is 22.7 Å². The van der Waals surface area contributed by atoms with Gasteiger partial charge in [0, 0.05) is 14.6 Å². The van der Waals surface area contributed by atoms with E-state index < -0.39 is 0 Å². The second-order valence-corrected chi connectivity index (χ2v) is 7.04. The normalized spacial score (nSPS) is 12.9. The minimum atomic E-state index is 0.245. The molecule has 1 unspecified atom stereocenters. The minimum Gasteiger partial charge on any atom is -0.305 e. The zero-order valence-electron chi connectivity index (χ0n) is 10.9. The Kier molecular flexibility index (Phi) is 4.84. The predicted molar refractivity (Wildman–Crippen MR) is 83.3 cm³/mol. The highest BCUT2D eigenvalue weighted by Crippen LogP contribution is 2.37. The van der Waals surface area contributed by atoms with Gasteiger partial charge in [-0.25, -0.2) is 0 Å². The molecule has 0 fully saturated rings. The Morgan fingerprint density at radius 2 is 2.11 bits per heavy atom. The molecule has 0 aliphatic rings. The van der Waals surface area contributed by atoms with Gasteiger partial charge in [0.1, 0.15) is 0 Å². The van der Waals surface area contributed by atoms with Crippen LogP contribution in [-0.2, 0) is 0 Å². The molecule has 98 valence electrons. The fraction of sp³-hybridized carbons (Fsp3) is 0.429. The van der Waals surface area contributed by atoms with Crippen LogP contribution in [0.25, 0.3) is 0 Å². The van der Waals surface area contributed by atoms with E-state index in [-0.39, 0.29) is 6.04 Å². The van der Waals surface area contributed by atoms with Crippen LogP contribution < -0.4 is 5.32 Å². The molecule has 0 aromatic carbocycles. The first kappa shape index (κ1) is 14.1. The van der Waals surface area contributed by atoms with Gasteiger partial charge in [-0.3, -0.25) is 0 Å². The average Bonchev–Trinajstić information content (AvgIpc) is 2.90. The molecule has 18 heavy (non-hydrogen) atoms. The summed E-state index contributed by atoms with van der Waals surface area (Å²) in [6.45, 7) is 7.41. The second kappa shape index (κ2) is 6.20. The molecule has 0 bridgehead atoms. The molecule has 1 atom stereocenters. The van der Waals surface area contributed by atoms with Gasteiger partial charge in [0.2, 0.25) is 0 Å². The lowest BCUT2D eigenvalue weighted by Gasteiger charge is -2.16. The summed E-state index contributed by atoms with van der Waals surface area (Å²) in [6.07, 6.45) is 1.13. The van der Waals surface area contributed by atoms with Gasteiger partial charge in [0.25, 0.3) is 0 Å². The van der Waals surface area contributed by atoms with Crippen molar-refractivity contribution in [2.24, 2.45) is 0 Å². The summed E-state index contributed by atoms with van der Waals surface area (Å²) in [4.78, 5) is 3.94. The first-order chi connectivity index (χ1) is 8.63. The van der Waals surface area contributed by atoms with Gasteiger partial charge in [-0.2, -0.15) is 0 Å². The van der Waals surface area contributed by atoms with E-state index in [9.17, 15) is 0 Å². The molecule has 1 nitrogen and oxygen atoms in total. The molecule has 2 aromatic rings. The topological polar surface area (TPSA) is 12.0 Å². The molecular weight excluding hydrogens is 282 g/mol. The number of hydrogen-bond acceptors (Lipinski definition) is 3. The number of halogens is 1. The molecule has 2 aromatic heterocycles. The average molecular weight is 300 g/mol. The maximum atomic E-state index is 6.41. The van der Waals surface area contributed by atoms with Crippen LogP contribution in [0.1, 0.15) is 39.6 Å². The highest BCUT2D eigenvalue weighted by atomic mass is 35.5.